The molecule has 0 spiro atoms. The predicted molar refractivity (Wildman–Crippen MR) is 54.7 cm³/mol. The largest absolute Gasteiger partial charge is 0.307 e. The number of hydrogen-bond acceptors (Lipinski definition) is 2. The van der Waals surface area contributed by atoms with E-state index in [9.17, 15) is 4.79 Å². The number of hydrogen-bond donors (Lipinski definition) is 1. The quantitative estimate of drug-likeness (QED) is 0.723. The van der Waals surface area contributed by atoms with Gasteiger partial charge in [0.1, 0.15) is 0 Å². The molecule has 1 aliphatic heterocycles. The maximum Gasteiger partial charge on any atom is 0.152 e. The number of piperidine rings is 1. The molecule has 0 aromatic carbocycles. The van der Waals surface area contributed by atoms with Crippen LogP contribution >= 0.6 is 0 Å². The lowest BCUT2D eigenvalue weighted by Crippen LogP contribution is -2.42. The zero-order valence-electron chi connectivity index (χ0n) is 8.81. The van der Waals surface area contributed by atoms with Crippen molar-refractivity contribution in [1.82, 2.24) is 5.32 Å². The van der Waals surface area contributed by atoms with Crippen LogP contribution in [0.3, 0.4) is 0 Å². The predicted octanol–water partition coefficient (Wildman–Crippen LogP) is 2.13. The number of nitrogens with one attached hydrogen (secondary N) is 1. The molecule has 0 saturated carbocycles. The van der Waals surface area contributed by atoms with E-state index in [1.807, 2.05) is 0 Å². The molecule has 13 heavy (non-hydrogen) atoms. The van der Waals surface area contributed by atoms with Crippen LogP contribution in [0.1, 0.15) is 46.0 Å². The summed E-state index contributed by atoms with van der Waals surface area (Å²) < 4.78 is 0. The van der Waals surface area contributed by atoms with Gasteiger partial charge in [-0.25, -0.2) is 0 Å². The van der Waals surface area contributed by atoms with Crippen LogP contribution in [0, 0.1) is 5.92 Å². The Kier molecular flexibility index (Phi) is 4.43. The Hall–Kier alpha value is -0.370. The Morgan fingerprint density at radius 3 is 2.85 bits per heavy atom. The third-order valence-corrected chi connectivity index (χ3v) is 2.86. The molecular formula is C11H21NO. The highest BCUT2D eigenvalue weighted by atomic mass is 16.1. The third-order valence-electron chi connectivity index (χ3n) is 2.86. The van der Waals surface area contributed by atoms with Crippen molar-refractivity contribution in [1.29, 1.82) is 0 Å². The molecule has 0 aliphatic carbocycles. The number of carbonyl (C=O) groups excluding carboxylic acids is 1. The summed E-state index contributed by atoms with van der Waals surface area (Å²) >= 11 is 0. The van der Waals surface area contributed by atoms with Crippen LogP contribution in [-0.2, 0) is 4.79 Å². The van der Waals surface area contributed by atoms with E-state index in [0.29, 0.717) is 5.78 Å². The Morgan fingerprint density at radius 2 is 2.31 bits per heavy atom. The summed E-state index contributed by atoms with van der Waals surface area (Å²) in [6.07, 6.45) is 5.64. The average Bonchev–Trinajstić information content (AvgIpc) is 2.18. The second kappa shape index (κ2) is 5.38. The fourth-order valence-corrected chi connectivity index (χ4v) is 2.01. The van der Waals surface area contributed by atoms with Crippen molar-refractivity contribution < 1.29 is 4.79 Å². The maximum absolute atomic E-state index is 11.8. The first kappa shape index (κ1) is 10.7. The molecule has 1 N–H and O–H groups in total. The summed E-state index contributed by atoms with van der Waals surface area (Å²) in [5.41, 5.74) is 0. The topological polar surface area (TPSA) is 29.1 Å². The van der Waals surface area contributed by atoms with E-state index in [1.54, 1.807) is 0 Å². The smallest absolute Gasteiger partial charge is 0.152 e. The number of ketones is 1. The fraction of sp³-hybridized carbons (Fsp3) is 0.909. The van der Waals surface area contributed by atoms with Crippen LogP contribution in [-0.4, -0.2) is 18.4 Å². The molecule has 2 nitrogen and oxygen atoms in total. The number of Topliss-reactive ketones (excluding diaryl/α,β-unsaturated/α-hetero) is 1. The number of carbonyl (C=O) groups is 1. The second-order valence-electron chi connectivity index (χ2n) is 4.09. The zero-order chi connectivity index (χ0) is 9.68. The Bertz CT molecular complexity index is 161. The monoisotopic (exact) mass is 183 g/mol. The first-order valence-corrected chi connectivity index (χ1v) is 5.52. The molecule has 2 heteroatoms. The Balaban J connectivity index is 2.36. The van der Waals surface area contributed by atoms with Gasteiger partial charge in [0, 0.05) is 5.92 Å². The molecule has 0 aromatic heterocycles. The van der Waals surface area contributed by atoms with E-state index in [4.69, 9.17) is 0 Å². The molecule has 0 bridgehead atoms. The molecule has 0 amide bonds. The van der Waals surface area contributed by atoms with Gasteiger partial charge < -0.3 is 5.32 Å². The summed E-state index contributed by atoms with van der Waals surface area (Å²) in [6.45, 7) is 5.22. The summed E-state index contributed by atoms with van der Waals surface area (Å²) in [4.78, 5) is 11.8. The van der Waals surface area contributed by atoms with Crippen molar-refractivity contribution in [2.24, 2.45) is 5.92 Å². The minimum absolute atomic E-state index is 0.162. The van der Waals surface area contributed by atoms with E-state index >= 15 is 0 Å². The molecule has 1 rings (SSSR count). The molecule has 2 unspecified atom stereocenters. The van der Waals surface area contributed by atoms with Crippen molar-refractivity contribution in [2.75, 3.05) is 6.54 Å². The van der Waals surface area contributed by atoms with Gasteiger partial charge in [0.25, 0.3) is 0 Å². The molecule has 1 aliphatic rings. The molecular weight excluding hydrogens is 162 g/mol. The molecule has 76 valence electrons. The normalized spacial score (nSPS) is 25.5. The van der Waals surface area contributed by atoms with Crippen LogP contribution in [0.2, 0.25) is 0 Å². The van der Waals surface area contributed by atoms with E-state index in [2.05, 4.69) is 19.2 Å². The average molecular weight is 183 g/mol. The Labute approximate surface area is 81.1 Å². The number of rotatable bonds is 4. The molecule has 1 saturated heterocycles. The minimum Gasteiger partial charge on any atom is -0.307 e. The third kappa shape index (κ3) is 3.11. The van der Waals surface area contributed by atoms with Gasteiger partial charge in [-0.15, -0.1) is 0 Å². The highest BCUT2D eigenvalue weighted by Gasteiger charge is 2.24. The van der Waals surface area contributed by atoms with Crippen molar-refractivity contribution in [3.05, 3.63) is 0 Å². The van der Waals surface area contributed by atoms with E-state index in [-0.39, 0.29) is 12.0 Å². The summed E-state index contributed by atoms with van der Waals surface area (Å²) in [5.74, 6) is 0.683. The zero-order valence-corrected chi connectivity index (χ0v) is 8.81. The highest BCUT2D eigenvalue weighted by molar-refractivity contribution is 5.86. The molecule has 0 radical (unpaired) electrons. The molecule has 1 fully saturated rings. The Morgan fingerprint density at radius 1 is 1.54 bits per heavy atom. The molecule has 2 atom stereocenters. The lowest BCUT2D eigenvalue weighted by atomic mass is 9.91. The fourth-order valence-electron chi connectivity index (χ4n) is 2.01. The molecule has 0 aromatic rings. The molecule has 1 heterocycles. The van der Waals surface area contributed by atoms with Gasteiger partial charge in [0.05, 0.1) is 6.04 Å². The SMILES string of the molecule is CCCC(C)C(=O)C1CCCCN1. The van der Waals surface area contributed by atoms with Crippen molar-refractivity contribution in [3.63, 3.8) is 0 Å². The van der Waals surface area contributed by atoms with Crippen LogP contribution in [0.15, 0.2) is 0 Å². The van der Waals surface area contributed by atoms with Gasteiger partial charge in [-0.3, -0.25) is 4.79 Å². The van der Waals surface area contributed by atoms with Crippen molar-refractivity contribution in [2.45, 2.75) is 52.0 Å². The van der Waals surface area contributed by atoms with E-state index < -0.39 is 0 Å². The summed E-state index contributed by atoms with van der Waals surface area (Å²) in [6, 6.07) is 0.162. The van der Waals surface area contributed by atoms with E-state index in [1.165, 1.54) is 12.8 Å². The van der Waals surface area contributed by atoms with E-state index in [0.717, 1.165) is 25.8 Å². The van der Waals surface area contributed by atoms with Gasteiger partial charge in [-0.1, -0.05) is 26.7 Å². The van der Waals surface area contributed by atoms with Gasteiger partial charge in [-0.2, -0.15) is 0 Å². The summed E-state index contributed by atoms with van der Waals surface area (Å²) in [5, 5.41) is 3.31. The van der Waals surface area contributed by atoms with Gasteiger partial charge in [-0.05, 0) is 25.8 Å². The first-order chi connectivity index (χ1) is 6.25. The highest BCUT2D eigenvalue weighted by Crippen LogP contribution is 2.15. The summed E-state index contributed by atoms with van der Waals surface area (Å²) in [7, 11) is 0. The van der Waals surface area contributed by atoms with Crippen LogP contribution in [0.25, 0.3) is 0 Å². The standard InChI is InChI=1S/C11H21NO/c1-3-6-9(2)11(13)10-7-4-5-8-12-10/h9-10,12H,3-8H2,1-2H3. The first-order valence-electron chi connectivity index (χ1n) is 5.52. The van der Waals surface area contributed by atoms with Crippen molar-refractivity contribution >= 4 is 5.78 Å². The van der Waals surface area contributed by atoms with Gasteiger partial charge in [0.15, 0.2) is 5.78 Å². The minimum atomic E-state index is 0.162. The van der Waals surface area contributed by atoms with Crippen LogP contribution < -0.4 is 5.32 Å². The van der Waals surface area contributed by atoms with Gasteiger partial charge >= 0.3 is 0 Å². The second-order valence-corrected chi connectivity index (χ2v) is 4.09. The van der Waals surface area contributed by atoms with Crippen molar-refractivity contribution in [3.8, 4) is 0 Å². The van der Waals surface area contributed by atoms with Crippen LogP contribution in [0.5, 0.6) is 0 Å². The lowest BCUT2D eigenvalue weighted by molar-refractivity contribution is -0.125. The van der Waals surface area contributed by atoms with Gasteiger partial charge in [0.2, 0.25) is 0 Å². The lowest BCUT2D eigenvalue weighted by Gasteiger charge is -2.24. The van der Waals surface area contributed by atoms with Crippen LogP contribution in [0.4, 0.5) is 0 Å². The maximum atomic E-state index is 11.8.